The van der Waals surface area contributed by atoms with Crippen LogP contribution in [-0.2, 0) is 13.1 Å². The molecule has 0 saturated heterocycles. The van der Waals surface area contributed by atoms with Gasteiger partial charge in [0, 0.05) is 12.1 Å². The minimum atomic E-state index is -0.782. The average Bonchev–Trinajstić information content (AvgIpc) is 2.74. The summed E-state index contributed by atoms with van der Waals surface area (Å²) in [5.41, 5.74) is 0.615. The fourth-order valence-electron chi connectivity index (χ4n) is 2.44. The number of carbonyl (C=O) groups excluding carboxylic acids is 2. The molecule has 0 fully saturated rings. The molecule has 3 aromatic rings. The number of hydrogen-bond acceptors (Lipinski definition) is 6. The highest BCUT2D eigenvalue weighted by Crippen LogP contribution is 2.25. The fraction of sp³-hybridized carbons (Fsp3) is 0.100. The topological polar surface area (TPSA) is 124 Å². The van der Waals surface area contributed by atoms with E-state index in [1.807, 2.05) is 0 Å². The van der Waals surface area contributed by atoms with Gasteiger partial charge in [0.05, 0.1) is 6.54 Å². The molecule has 0 atom stereocenters. The van der Waals surface area contributed by atoms with Crippen molar-refractivity contribution in [3.05, 3.63) is 83.1 Å². The van der Waals surface area contributed by atoms with Gasteiger partial charge in [-0.1, -0.05) is 30.3 Å². The summed E-state index contributed by atoms with van der Waals surface area (Å²) < 4.78 is 12.9. The number of halogens is 1. The molecule has 0 aliphatic carbocycles. The summed E-state index contributed by atoms with van der Waals surface area (Å²) >= 11 is 0. The van der Waals surface area contributed by atoms with Crippen LogP contribution in [0.2, 0.25) is 0 Å². The number of benzene rings is 2. The summed E-state index contributed by atoms with van der Waals surface area (Å²) in [5, 5.41) is 24.8. The molecule has 1 heterocycles. The zero-order valence-electron chi connectivity index (χ0n) is 15.1. The molecule has 1 aromatic heterocycles. The van der Waals surface area contributed by atoms with Crippen LogP contribution >= 0.6 is 0 Å². The van der Waals surface area contributed by atoms with Gasteiger partial charge in [0.25, 0.3) is 17.7 Å². The number of amides is 2. The van der Waals surface area contributed by atoms with E-state index < -0.39 is 29.0 Å². The van der Waals surface area contributed by atoms with Crippen LogP contribution in [0.25, 0.3) is 0 Å². The number of carbonyl (C=O) groups is 2. The highest BCUT2D eigenvalue weighted by atomic mass is 19.1. The van der Waals surface area contributed by atoms with Gasteiger partial charge in [-0.3, -0.25) is 9.59 Å². The Kier molecular flexibility index (Phi) is 5.98. The van der Waals surface area contributed by atoms with Crippen LogP contribution in [0.4, 0.5) is 4.39 Å². The molecule has 8 nitrogen and oxygen atoms in total. The Bertz CT molecular complexity index is 1030. The molecule has 29 heavy (non-hydrogen) atoms. The van der Waals surface area contributed by atoms with Crippen molar-refractivity contribution in [2.75, 3.05) is 0 Å². The zero-order valence-corrected chi connectivity index (χ0v) is 15.1. The van der Waals surface area contributed by atoms with E-state index in [0.29, 0.717) is 11.1 Å². The minimum Gasteiger partial charge on any atom is -0.501 e. The number of aromatic nitrogens is 2. The van der Waals surface area contributed by atoms with Crippen LogP contribution in [0.1, 0.15) is 32.2 Å². The Labute approximate surface area is 165 Å². The predicted molar refractivity (Wildman–Crippen MR) is 101 cm³/mol. The molecule has 4 N–H and O–H groups in total. The lowest BCUT2D eigenvalue weighted by molar-refractivity contribution is 0.0940. The SMILES string of the molecule is O=C(NCc1nc(O)c(O)c(C(=O)NCc2ccc(F)cc2)n1)c1ccccc1. The number of nitrogens with one attached hydrogen (secondary N) is 2. The van der Waals surface area contributed by atoms with Crippen LogP contribution in [0.5, 0.6) is 11.6 Å². The van der Waals surface area contributed by atoms with E-state index in [1.54, 1.807) is 30.3 Å². The van der Waals surface area contributed by atoms with Gasteiger partial charge in [-0.05, 0) is 29.8 Å². The third-order valence-corrected chi connectivity index (χ3v) is 3.94. The van der Waals surface area contributed by atoms with E-state index in [4.69, 9.17) is 0 Å². The van der Waals surface area contributed by atoms with Crippen molar-refractivity contribution in [3.8, 4) is 11.6 Å². The molecular formula is C20H17FN4O4. The smallest absolute Gasteiger partial charge is 0.274 e. The maximum absolute atomic E-state index is 12.9. The Morgan fingerprint density at radius 2 is 1.52 bits per heavy atom. The van der Waals surface area contributed by atoms with Gasteiger partial charge in [0.2, 0.25) is 5.75 Å². The van der Waals surface area contributed by atoms with E-state index in [9.17, 15) is 24.2 Å². The van der Waals surface area contributed by atoms with Crippen LogP contribution in [0, 0.1) is 5.82 Å². The Morgan fingerprint density at radius 1 is 0.862 bits per heavy atom. The Hall–Kier alpha value is -4.01. The maximum atomic E-state index is 12.9. The number of hydrogen-bond donors (Lipinski definition) is 4. The van der Waals surface area contributed by atoms with Gasteiger partial charge >= 0.3 is 0 Å². The quantitative estimate of drug-likeness (QED) is 0.504. The third kappa shape index (κ3) is 5.04. The second-order valence-corrected chi connectivity index (χ2v) is 6.02. The highest BCUT2D eigenvalue weighted by Gasteiger charge is 2.20. The summed E-state index contributed by atoms with van der Waals surface area (Å²) in [7, 11) is 0. The van der Waals surface area contributed by atoms with Crippen molar-refractivity contribution < 1.29 is 24.2 Å². The lowest BCUT2D eigenvalue weighted by Gasteiger charge is -2.10. The second-order valence-electron chi connectivity index (χ2n) is 6.02. The Morgan fingerprint density at radius 3 is 2.21 bits per heavy atom. The largest absolute Gasteiger partial charge is 0.501 e. The van der Waals surface area contributed by atoms with Gasteiger partial charge in [0.15, 0.2) is 11.5 Å². The fourth-order valence-corrected chi connectivity index (χ4v) is 2.44. The molecule has 2 aromatic carbocycles. The van der Waals surface area contributed by atoms with Crippen molar-refractivity contribution in [3.63, 3.8) is 0 Å². The first kappa shape index (κ1) is 19.7. The third-order valence-electron chi connectivity index (χ3n) is 3.94. The minimum absolute atomic E-state index is 0.0588. The van der Waals surface area contributed by atoms with Crippen LogP contribution in [0.15, 0.2) is 54.6 Å². The molecule has 0 spiro atoms. The molecule has 0 bridgehead atoms. The van der Waals surface area contributed by atoms with Crippen molar-refractivity contribution >= 4 is 11.8 Å². The first-order valence-corrected chi connectivity index (χ1v) is 8.59. The molecule has 2 amide bonds. The average molecular weight is 396 g/mol. The van der Waals surface area contributed by atoms with Crippen molar-refractivity contribution in [1.82, 2.24) is 20.6 Å². The highest BCUT2D eigenvalue weighted by molar-refractivity contribution is 5.95. The van der Waals surface area contributed by atoms with Gasteiger partial charge < -0.3 is 20.8 Å². The lowest BCUT2D eigenvalue weighted by atomic mass is 10.2. The number of rotatable bonds is 6. The van der Waals surface area contributed by atoms with E-state index >= 15 is 0 Å². The van der Waals surface area contributed by atoms with Crippen LogP contribution in [0.3, 0.4) is 0 Å². The van der Waals surface area contributed by atoms with E-state index in [0.717, 1.165) is 0 Å². The molecule has 0 aliphatic rings. The number of nitrogens with zero attached hydrogens (tertiary/aromatic N) is 2. The van der Waals surface area contributed by atoms with Crippen LogP contribution < -0.4 is 10.6 Å². The standard InChI is InChI=1S/C20H17FN4O4/c21-14-8-6-12(7-9-14)10-22-19(28)16-17(26)20(29)25-15(24-16)11-23-18(27)13-4-2-1-3-5-13/h1-9,26H,10-11H2,(H,22,28)(H,23,27)(H,24,25,29). The summed E-state index contributed by atoms with van der Waals surface area (Å²) in [5.74, 6) is -3.17. The van der Waals surface area contributed by atoms with Gasteiger partial charge in [-0.15, -0.1) is 0 Å². The van der Waals surface area contributed by atoms with Crippen molar-refractivity contribution in [2.45, 2.75) is 13.1 Å². The molecular weight excluding hydrogens is 379 g/mol. The zero-order chi connectivity index (χ0) is 20.8. The van der Waals surface area contributed by atoms with Crippen molar-refractivity contribution in [2.24, 2.45) is 0 Å². The van der Waals surface area contributed by atoms with Gasteiger partial charge in [-0.2, -0.15) is 4.98 Å². The van der Waals surface area contributed by atoms with Crippen molar-refractivity contribution in [1.29, 1.82) is 0 Å². The molecule has 3 rings (SSSR count). The maximum Gasteiger partial charge on any atom is 0.274 e. The van der Waals surface area contributed by atoms with Gasteiger partial charge in [-0.25, -0.2) is 9.37 Å². The first-order chi connectivity index (χ1) is 13.9. The van der Waals surface area contributed by atoms with Gasteiger partial charge in [0.1, 0.15) is 5.82 Å². The number of aromatic hydroxyl groups is 2. The molecule has 0 saturated carbocycles. The van der Waals surface area contributed by atoms with E-state index in [2.05, 4.69) is 20.6 Å². The van der Waals surface area contributed by atoms with E-state index in [1.165, 1.54) is 24.3 Å². The summed E-state index contributed by atoms with van der Waals surface area (Å²) in [6.07, 6.45) is 0. The molecule has 148 valence electrons. The van der Waals surface area contributed by atoms with Crippen LogP contribution in [-0.4, -0.2) is 32.0 Å². The monoisotopic (exact) mass is 396 g/mol. The summed E-state index contributed by atoms with van der Waals surface area (Å²) in [6.45, 7) is -0.108. The second kappa shape index (κ2) is 8.79. The molecule has 9 heteroatoms. The lowest BCUT2D eigenvalue weighted by Crippen LogP contribution is -2.27. The normalized spacial score (nSPS) is 10.4. The first-order valence-electron chi connectivity index (χ1n) is 8.59. The summed E-state index contributed by atoms with van der Waals surface area (Å²) in [6, 6.07) is 13.9. The Balaban J connectivity index is 1.68. The molecule has 0 aliphatic heterocycles. The molecule has 0 radical (unpaired) electrons. The molecule has 0 unspecified atom stereocenters. The predicted octanol–water partition coefficient (Wildman–Crippen LogP) is 1.89. The van der Waals surface area contributed by atoms with E-state index in [-0.39, 0.29) is 24.8 Å². The summed E-state index contributed by atoms with van der Waals surface area (Å²) in [4.78, 5) is 32.0.